The minimum absolute atomic E-state index is 0.172. The zero-order chi connectivity index (χ0) is 11.4. The minimum Gasteiger partial charge on any atom is -0.313 e. The molecule has 1 heterocycles. The van der Waals surface area contributed by atoms with E-state index in [2.05, 4.69) is 10.0 Å². The Kier molecular flexibility index (Phi) is 4.46. The molecule has 1 aromatic rings. The average molecular weight is 261 g/mol. The fourth-order valence-electron chi connectivity index (χ4n) is 1.71. The van der Waals surface area contributed by atoms with E-state index >= 15 is 0 Å². The van der Waals surface area contributed by atoms with Crippen molar-refractivity contribution in [1.29, 1.82) is 0 Å². The van der Waals surface area contributed by atoms with Crippen molar-refractivity contribution >= 4 is 23.5 Å². The highest BCUT2D eigenvalue weighted by molar-refractivity contribution is 7.97. The van der Waals surface area contributed by atoms with Crippen LogP contribution in [0.15, 0.2) is 23.1 Å². The van der Waals surface area contributed by atoms with Gasteiger partial charge in [0.15, 0.2) is 5.82 Å². The molecule has 1 unspecified atom stereocenters. The molecule has 2 rings (SSSR count). The molecule has 1 atom stereocenters. The van der Waals surface area contributed by atoms with E-state index in [0.717, 1.165) is 13.1 Å². The first kappa shape index (κ1) is 12.2. The fraction of sp³-hybridized carbons (Fsp3) is 0.455. The van der Waals surface area contributed by atoms with Crippen LogP contribution in [0.4, 0.5) is 4.39 Å². The molecule has 0 saturated carbocycles. The maximum atomic E-state index is 13.5. The van der Waals surface area contributed by atoms with Crippen molar-refractivity contribution in [1.82, 2.24) is 10.0 Å². The lowest BCUT2D eigenvalue weighted by Crippen LogP contribution is -2.30. The smallest absolute Gasteiger partial charge is 0.156 e. The summed E-state index contributed by atoms with van der Waals surface area (Å²) < 4.78 is 16.7. The largest absolute Gasteiger partial charge is 0.313 e. The molecule has 0 spiro atoms. The van der Waals surface area contributed by atoms with Crippen LogP contribution in [0.3, 0.4) is 0 Å². The summed E-state index contributed by atoms with van der Waals surface area (Å²) in [6, 6.07) is 5.54. The standard InChI is InChI=1S/C11H14ClFN2S/c12-9-4-1-5-10(11(9)13)16-15-7-8-3-2-6-14-8/h1,4-5,8,14-15H,2-3,6-7H2. The van der Waals surface area contributed by atoms with Crippen molar-refractivity contribution in [3.63, 3.8) is 0 Å². The maximum absolute atomic E-state index is 13.5. The number of hydrogen-bond acceptors (Lipinski definition) is 3. The summed E-state index contributed by atoms with van der Waals surface area (Å²) in [5, 5.41) is 3.55. The van der Waals surface area contributed by atoms with Crippen molar-refractivity contribution in [2.45, 2.75) is 23.8 Å². The Bertz CT molecular complexity index is 356. The molecule has 2 N–H and O–H groups in total. The third-order valence-corrected chi connectivity index (χ3v) is 3.73. The van der Waals surface area contributed by atoms with Gasteiger partial charge in [0, 0.05) is 12.6 Å². The summed E-state index contributed by atoms with van der Waals surface area (Å²) in [5.74, 6) is -0.346. The average Bonchev–Trinajstić information content (AvgIpc) is 2.77. The molecule has 5 heteroatoms. The van der Waals surface area contributed by atoms with Crippen molar-refractivity contribution < 1.29 is 4.39 Å². The topological polar surface area (TPSA) is 24.1 Å². The molecule has 0 amide bonds. The second kappa shape index (κ2) is 5.87. The second-order valence-electron chi connectivity index (χ2n) is 3.80. The minimum atomic E-state index is -0.346. The highest BCUT2D eigenvalue weighted by Crippen LogP contribution is 2.24. The first-order valence-corrected chi connectivity index (χ1v) is 6.54. The number of hydrogen-bond donors (Lipinski definition) is 2. The zero-order valence-corrected chi connectivity index (χ0v) is 10.4. The van der Waals surface area contributed by atoms with Gasteiger partial charge in [0.05, 0.1) is 9.92 Å². The van der Waals surface area contributed by atoms with E-state index in [1.54, 1.807) is 18.2 Å². The van der Waals surface area contributed by atoms with Crippen LogP contribution in [0.5, 0.6) is 0 Å². The third kappa shape index (κ3) is 3.10. The van der Waals surface area contributed by atoms with Gasteiger partial charge in [-0.2, -0.15) is 0 Å². The molecule has 0 aromatic heterocycles. The highest BCUT2D eigenvalue weighted by atomic mass is 35.5. The van der Waals surface area contributed by atoms with Crippen LogP contribution >= 0.6 is 23.5 Å². The third-order valence-electron chi connectivity index (χ3n) is 2.59. The monoisotopic (exact) mass is 260 g/mol. The molecule has 16 heavy (non-hydrogen) atoms. The van der Waals surface area contributed by atoms with E-state index in [1.807, 2.05) is 0 Å². The Hall–Kier alpha value is -0.290. The van der Waals surface area contributed by atoms with Gasteiger partial charge in [0.25, 0.3) is 0 Å². The number of benzene rings is 1. The van der Waals surface area contributed by atoms with Gasteiger partial charge in [0.2, 0.25) is 0 Å². The van der Waals surface area contributed by atoms with E-state index in [4.69, 9.17) is 11.6 Å². The van der Waals surface area contributed by atoms with E-state index < -0.39 is 0 Å². The molecule has 1 saturated heterocycles. The zero-order valence-electron chi connectivity index (χ0n) is 8.80. The van der Waals surface area contributed by atoms with Crippen LogP contribution in [-0.4, -0.2) is 19.1 Å². The first-order chi connectivity index (χ1) is 7.77. The number of rotatable bonds is 4. The Labute approximate surface area is 104 Å². The summed E-state index contributed by atoms with van der Waals surface area (Å²) >= 11 is 6.99. The Morgan fingerprint density at radius 3 is 3.19 bits per heavy atom. The van der Waals surface area contributed by atoms with Gasteiger partial charge < -0.3 is 5.32 Å². The first-order valence-electron chi connectivity index (χ1n) is 5.34. The van der Waals surface area contributed by atoms with Crippen LogP contribution in [0.2, 0.25) is 5.02 Å². The SMILES string of the molecule is Fc1c(Cl)cccc1SNCC1CCCN1. The van der Waals surface area contributed by atoms with Crippen LogP contribution in [0.25, 0.3) is 0 Å². The van der Waals surface area contributed by atoms with Crippen molar-refractivity contribution in [3.05, 3.63) is 29.0 Å². The Balaban J connectivity index is 1.82. The Morgan fingerprint density at radius 1 is 1.56 bits per heavy atom. The van der Waals surface area contributed by atoms with Crippen molar-refractivity contribution in [2.75, 3.05) is 13.1 Å². The predicted octanol–water partition coefficient (Wildman–Crippen LogP) is 2.83. The lowest BCUT2D eigenvalue weighted by atomic mass is 10.2. The van der Waals surface area contributed by atoms with E-state index in [1.165, 1.54) is 24.8 Å². The molecule has 88 valence electrons. The van der Waals surface area contributed by atoms with Gasteiger partial charge >= 0.3 is 0 Å². The summed E-state index contributed by atoms with van der Waals surface area (Å²) in [4.78, 5) is 0.547. The fourth-order valence-corrected chi connectivity index (χ4v) is 2.73. The number of halogens is 2. The highest BCUT2D eigenvalue weighted by Gasteiger charge is 2.13. The predicted molar refractivity (Wildman–Crippen MR) is 66.3 cm³/mol. The van der Waals surface area contributed by atoms with Gasteiger partial charge in [-0.05, 0) is 43.5 Å². The van der Waals surface area contributed by atoms with Crippen LogP contribution in [-0.2, 0) is 0 Å². The van der Waals surface area contributed by atoms with Crippen molar-refractivity contribution in [3.8, 4) is 0 Å². The molecule has 0 aliphatic carbocycles. The lowest BCUT2D eigenvalue weighted by Gasteiger charge is -2.11. The molecule has 1 aliphatic heterocycles. The molecular weight excluding hydrogens is 247 g/mol. The van der Waals surface area contributed by atoms with Gasteiger partial charge in [-0.3, -0.25) is 4.72 Å². The molecule has 1 aromatic carbocycles. The molecule has 1 aliphatic rings. The van der Waals surface area contributed by atoms with E-state index in [-0.39, 0.29) is 10.8 Å². The maximum Gasteiger partial charge on any atom is 0.156 e. The van der Waals surface area contributed by atoms with E-state index in [0.29, 0.717) is 10.9 Å². The van der Waals surface area contributed by atoms with Gasteiger partial charge in [-0.15, -0.1) is 0 Å². The van der Waals surface area contributed by atoms with Crippen LogP contribution < -0.4 is 10.0 Å². The van der Waals surface area contributed by atoms with Crippen LogP contribution in [0, 0.1) is 5.82 Å². The molecule has 1 fully saturated rings. The van der Waals surface area contributed by atoms with Gasteiger partial charge in [-0.1, -0.05) is 17.7 Å². The second-order valence-corrected chi connectivity index (χ2v) is 5.14. The quantitative estimate of drug-likeness (QED) is 0.814. The summed E-state index contributed by atoms with van der Waals surface area (Å²) in [7, 11) is 0. The molecule has 0 radical (unpaired) electrons. The van der Waals surface area contributed by atoms with Crippen LogP contribution in [0.1, 0.15) is 12.8 Å². The number of nitrogens with one attached hydrogen (secondary N) is 2. The van der Waals surface area contributed by atoms with Crippen molar-refractivity contribution in [2.24, 2.45) is 0 Å². The molecular formula is C11H14ClFN2S. The summed E-state index contributed by atoms with van der Waals surface area (Å²) in [6.45, 7) is 1.93. The summed E-state index contributed by atoms with van der Waals surface area (Å²) in [6.07, 6.45) is 2.41. The van der Waals surface area contributed by atoms with Gasteiger partial charge in [-0.25, -0.2) is 4.39 Å². The lowest BCUT2D eigenvalue weighted by molar-refractivity contribution is 0.592. The van der Waals surface area contributed by atoms with E-state index in [9.17, 15) is 4.39 Å². The normalized spacial score (nSPS) is 20.2. The summed E-state index contributed by atoms with van der Waals surface area (Å²) in [5.41, 5.74) is 0. The molecule has 0 bridgehead atoms. The molecule has 2 nitrogen and oxygen atoms in total. The Morgan fingerprint density at radius 2 is 2.44 bits per heavy atom. The van der Waals surface area contributed by atoms with Gasteiger partial charge in [0.1, 0.15) is 0 Å².